The summed E-state index contributed by atoms with van der Waals surface area (Å²) in [6.07, 6.45) is 38.4. The summed E-state index contributed by atoms with van der Waals surface area (Å²) in [6, 6.07) is 0. The monoisotopic (exact) mass is 536 g/mol. The van der Waals surface area contributed by atoms with Gasteiger partial charge in [0, 0.05) is 0 Å². The fraction of sp³-hybridized carbons (Fsp3) is 0.450. The molecule has 0 aliphatic heterocycles. The van der Waals surface area contributed by atoms with Gasteiger partial charge >= 0.3 is 0 Å². The van der Waals surface area contributed by atoms with Gasteiger partial charge in [-0.15, -0.1) is 0 Å². The van der Waals surface area contributed by atoms with E-state index >= 15 is 0 Å². The summed E-state index contributed by atoms with van der Waals surface area (Å²) in [5.41, 5.74) is 11.7. The topological polar surface area (TPSA) is 0 Å². The molecule has 0 atom stereocenters. The van der Waals surface area contributed by atoms with Crippen LogP contribution in [0.5, 0.6) is 0 Å². The van der Waals surface area contributed by atoms with Gasteiger partial charge in [0.05, 0.1) is 0 Å². The molecule has 0 amide bonds. The van der Waals surface area contributed by atoms with Gasteiger partial charge in [-0.3, -0.25) is 0 Å². The van der Waals surface area contributed by atoms with E-state index in [9.17, 15) is 0 Å². The Hall–Kier alpha value is -2.86. The van der Waals surface area contributed by atoms with Gasteiger partial charge in [-0.05, 0) is 102 Å². The average Bonchev–Trinajstić information content (AvgIpc) is 2.85. The molecule has 0 unspecified atom stereocenters. The first-order valence-corrected chi connectivity index (χ1v) is 15.3. The summed E-state index contributed by atoms with van der Waals surface area (Å²) in [6.45, 7) is 22.7. The van der Waals surface area contributed by atoms with E-state index in [0.717, 1.165) is 0 Å². The summed E-state index contributed by atoms with van der Waals surface area (Å²) in [5.74, 6) is 0. The highest BCUT2D eigenvalue weighted by molar-refractivity contribution is 5.39. The van der Waals surface area contributed by atoms with Gasteiger partial charge in [0.15, 0.2) is 0 Å². The Morgan fingerprint density at radius 3 is 1.18 bits per heavy atom. The molecule has 0 heteroatoms. The SMILES string of the molecule is CC1=C(/C=C/C(C)=C\C=C\C(C)=C\C=C/C=C(C)/C=C/C=C(C)/C=C/C2=C(C)CCCC2(C)C)C(C)(C)CCC1. The lowest BCUT2D eigenvalue weighted by atomic mass is 9.72. The van der Waals surface area contributed by atoms with Crippen molar-refractivity contribution in [1.82, 2.24) is 0 Å². The van der Waals surface area contributed by atoms with Crippen LogP contribution in [-0.4, -0.2) is 0 Å². The van der Waals surface area contributed by atoms with Crippen molar-refractivity contribution in [3.05, 3.63) is 130 Å². The van der Waals surface area contributed by atoms with Crippen molar-refractivity contribution in [2.75, 3.05) is 0 Å². The minimum Gasteiger partial charge on any atom is -0.0696 e. The predicted octanol–water partition coefficient (Wildman–Crippen LogP) is 12.6. The van der Waals surface area contributed by atoms with E-state index < -0.39 is 0 Å². The first-order chi connectivity index (χ1) is 18.8. The Labute approximate surface area is 247 Å². The van der Waals surface area contributed by atoms with E-state index in [0.29, 0.717) is 10.8 Å². The Morgan fingerprint density at radius 2 is 0.825 bits per heavy atom. The highest BCUT2D eigenvalue weighted by Gasteiger charge is 2.27. The lowest BCUT2D eigenvalue weighted by Crippen LogP contribution is -2.19. The van der Waals surface area contributed by atoms with E-state index in [1.165, 1.54) is 72.0 Å². The summed E-state index contributed by atoms with van der Waals surface area (Å²) in [4.78, 5) is 0. The highest BCUT2D eigenvalue weighted by Crippen LogP contribution is 2.41. The molecule has 0 spiro atoms. The molecule has 0 bridgehead atoms. The van der Waals surface area contributed by atoms with Crippen LogP contribution < -0.4 is 0 Å². The molecule has 0 radical (unpaired) electrons. The van der Waals surface area contributed by atoms with Crippen molar-refractivity contribution in [1.29, 1.82) is 0 Å². The molecule has 0 aromatic rings. The quantitative estimate of drug-likeness (QED) is 0.244. The first-order valence-electron chi connectivity index (χ1n) is 15.3. The number of allylic oxidation sites excluding steroid dienone is 22. The molecule has 2 aliphatic carbocycles. The second-order valence-electron chi connectivity index (χ2n) is 13.3. The minimum absolute atomic E-state index is 0.291. The summed E-state index contributed by atoms with van der Waals surface area (Å²) < 4.78 is 0. The van der Waals surface area contributed by atoms with Gasteiger partial charge in [0.1, 0.15) is 0 Å². The molecular weight excluding hydrogens is 480 g/mol. The molecule has 0 aromatic carbocycles. The van der Waals surface area contributed by atoms with Crippen LogP contribution in [0.4, 0.5) is 0 Å². The second kappa shape index (κ2) is 15.8. The minimum atomic E-state index is 0.291. The van der Waals surface area contributed by atoms with Crippen LogP contribution in [-0.2, 0) is 0 Å². The van der Waals surface area contributed by atoms with E-state index in [1.54, 1.807) is 11.1 Å². The van der Waals surface area contributed by atoms with Crippen molar-refractivity contribution >= 4 is 0 Å². The second-order valence-corrected chi connectivity index (χ2v) is 13.3. The van der Waals surface area contributed by atoms with Gasteiger partial charge in [-0.2, -0.15) is 0 Å². The van der Waals surface area contributed by atoms with Gasteiger partial charge in [0.2, 0.25) is 0 Å². The van der Waals surface area contributed by atoms with Crippen LogP contribution in [0.3, 0.4) is 0 Å². The van der Waals surface area contributed by atoms with Crippen LogP contribution in [0.1, 0.15) is 108 Å². The molecule has 2 rings (SSSR count). The maximum atomic E-state index is 2.37. The third-order valence-corrected chi connectivity index (χ3v) is 8.38. The van der Waals surface area contributed by atoms with Crippen LogP contribution in [0.2, 0.25) is 0 Å². The fourth-order valence-electron chi connectivity index (χ4n) is 5.79. The molecule has 0 nitrogen and oxygen atoms in total. The van der Waals surface area contributed by atoms with E-state index in [1.807, 2.05) is 0 Å². The van der Waals surface area contributed by atoms with E-state index in [2.05, 4.69) is 154 Å². The van der Waals surface area contributed by atoms with Crippen LogP contribution >= 0.6 is 0 Å². The predicted molar refractivity (Wildman–Crippen MR) is 181 cm³/mol. The van der Waals surface area contributed by atoms with E-state index in [-0.39, 0.29) is 0 Å². The van der Waals surface area contributed by atoms with Crippen molar-refractivity contribution < 1.29 is 0 Å². The van der Waals surface area contributed by atoms with Gasteiger partial charge in [-0.25, -0.2) is 0 Å². The summed E-state index contributed by atoms with van der Waals surface area (Å²) >= 11 is 0. The molecule has 0 aromatic heterocycles. The van der Waals surface area contributed by atoms with Gasteiger partial charge in [0.25, 0.3) is 0 Å². The third-order valence-electron chi connectivity index (χ3n) is 8.38. The maximum Gasteiger partial charge on any atom is -0.0104 e. The van der Waals surface area contributed by atoms with Crippen LogP contribution in [0, 0.1) is 10.8 Å². The molecule has 0 fully saturated rings. The molecule has 216 valence electrons. The van der Waals surface area contributed by atoms with Crippen molar-refractivity contribution in [3.8, 4) is 0 Å². The van der Waals surface area contributed by atoms with Crippen LogP contribution in [0.25, 0.3) is 0 Å². The molecule has 0 heterocycles. The number of hydrogen-bond donors (Lipinski definition) is 0. The molecule has 0 N–H and O–H groups in total. The Balaban J connectivity index is 1.89. The molecule has 40 heavy (non-hydrogen) atoms. The Kier molecular flexibility index (Phi) is 13.2. The van der Waals surface area contributed by atoms with Crippen molar-refractivity contribution in [3.63, 3.8) is 0 Å². The van der Waals surface area contributed by atoms with Crippen molar-refractivity contribution in [2.45, 2.75) is 108 Å². The zero-order valence-corrected chi connectivity index (χ0v) is 27.3. The lowest BCUT2D eigenvalue weighted by molar-refractivity contribution is 0.376. The normalized spacial score (nSPS) is 21.9. The Bertz CT molecular complexity index is 1120. The number of hydrogen-bond acceptors (Lipinski definition) is 0. The van der Waals surface area contributed by atoms with Crippen molar-refractivity contribution in [2.24, 2.45) is 10.8 Å². The summed E-state index contributed by atoms with van der Waals surface area (Å²) in [7, 11) is 0. The summed E-state index contributed by atoms with van der Waals surface area (Å²) in [5, 5.41) is 0. The van der Waals surface area contributed by atoms with Gasteiger partial charge in [-0.1, -0.05) is 146 Å². The van der Waals surface area contributed by atoms with Crippen LogP contribution in [0.15, 0.2) is 130 Å². The molecule has 0 saturated carbocycles. The maximum absolute atomic E-state index is 2.37. The molecule has 0 saturated heterocycles. The van der Waals surface area contributed by atoms with E-state index in [4.69, 9.17) is 0 Å². The Morgan fingerprint density at radius 1 is 0.500 bits per heavy atom. The third kappa shape index (κ3) is 11.3. The molecule has 2 aliphatic rings. The van der Waals surface area contributed by atoms with Gasteiger partial charge < -0.3 is 0 Å². The fourth-order valence-corrected chi connectivity index (χ4v) is 5.79. The smallest absolute Gasteiger partial charge is 0.0104 e. The standard InChI is InChI=1S/C40H56/c1-31(19-13-21-33(3)25-27-37-35(5)23-15-29-39(37,7)8)17-11-12-18-32(2)20-14-22-34(4)26-28-38-36(6)24-16-30-40(38,9)10/h11-14,17-22,25-28H,15-16,23-24,29-30H2,1-10H3/b12-11-,19-13+,20-14+,27-25+,28-26+,31-17+,32-18+,33-21-,34-22+. The zero-order chi connectivity index (χ0) is 29.8. The first kappa shape index (κ1) is 33.3. The molecular formula is C40H56. The lowest BCUT2D eigenvalue weighted by Gasteiger charge is -2.33. The largest absolute Gasteiger partial charge is 0.0696 e. The number of rotatable bonds is 10. The highest BCUT2D eigenvalue weighted by atomic mass is 14.3. The zero-order valence-electron chi connectivity index (χ0n) is 27.3. The average molecular weight is 537 g/mol.